The molecule has 3 atom stereocenters. The van der Waals surface area contributed by atoms with Crippen LogP contribution in [-0.4, -0.2) is 51.4 Å². The maximum absolute atomic E-state index is 16.1. The van der Waals surface area contributed by atoms with Crippen LogP contribution < -0.4 is 5.32 Å². The number of carbonyl (C=O) groups excluding carboxylic acids is 1. The standard InChI is InChI=1S/C24H19F3N4O4/c25-13-4-1-5-14(26)19(13)22-21(27)20(17-9-15(32)16(33)11-35-17)18(12-3-2-7-29-10-12)23(31-22)24(34)30-8-6-28/h1-5,7,10,15-17,32-33H,8-9,11H2,(H,30,34). The van der Waals surface area contributed by atoms with Gasteiger partial charge in [-0.25, -0.2) is 18.2 Å². The Hall–Kier alpha value is -3.85. The fourth-order valence-electron chi connectivity index (χ4n) is 3.92. The zero-order valence-corrected chi connectivity index (χ0v) is 18.1. The van der Waals surface area contributed by atoms with Crippen molar-refractivity contribution in [2.24, 2.45) is 0 Å². The topological polar surface area (TPSA) is 128 Å². The number of aliphatic hydroxyl groups is 2. The molecule has 3 heterocycles. The summed E-state index contributed by atoms with van der Waals surface area (Å²) in [5.41, 5.74) is -2.14. The summed E-state index contributed by atoms with van der Waals surface area (Å²) in [5, 5.41) is 31.3. The van der Waals surface area contributed by atoms with E-state index in [0.29, 0.717) is 0 Å². The van der Waals surface area contributed by atoms with E-state index in [-0.39, 0.29) is 29.7 Å². The minimum atomic E-state index is -1.28. The van der Waals surface area contributed by atoms with Gasteiger partial charge in [0.2, 0.25) is 0 Å². The minimum absolute atomic E-state index is 0.0832. The molecule has 2 aromatic heterocycles. The molecule has 3 N–H and O–H groups in total. The second kappa shape index (κ2) is 10.2. The van der Waals surface area contributed by atoms with Gasteiger partial charge in [0.1, 0.15) is 35.7 Å². The maximum atomic E-state index is 16.1. The molecule has 4 rings (SSSR count). The normalized spacial score (nSPS) is 19.7. The molecule has 1 fully saturated rings. The summed E-state index contributed by atoms with van der Waals surface area (Å²) in [6.07, 6.45) is -1.20. The number of aromatic nitrogens is 2. The van der Waals surface area contributed by atoms with Crippen LogP contribution in [0.25, 0.3) is 22.4 Å². The molecule has 0 radical (unpaired) electrons. The Morgan fingerprint density at radius 2 is 1.89 bits per heavy atom. The fraction of sp³-hybridized carbons (Fsp3) is 0.250. The Balaban J connectivity index is 2.06. The minimum Gasteiger partial charge on any atom is -0.390 e. The van der Waals surface area contributed by atoms with E-state index < -0.39 is 65.2 Å². The first-order valence-electron chi connectivity index (χ1n) is 10.5. The smallest absolute Gasteiger partial charge is 0.271 e. The largest absolute Gasteiger partial charge is 0.390 e. The van der Waals surface area contributed by atoms with Crippen LogP contribution in [0.4, 0.5) is 13.2 Å². The molecule has 1 aliphatic heterocycles. The van der Waals surface area contributed by atoms with Gasteiger partial charge in [0.05, 0.1) is 30.4 Å². The van der Waals surface area contributed by atoms with E-state index in [2.05, 4.69) is 15.3 Å². The van der Waals surface area contributed by atoms with E-state index in [4.69, 9.17) is 10.00 Å². The number of aliphatic hydroxyl groups excluding tert-OH is 2. The highest BCUT2D eigenvalue weighted by Gasteiger charge is 2.37. The zero-order chi connectivity index (χ0) is 25.1. The average Bonchev–Trinajstić information content (AvgIpc) is 2.85. The van der Waals surface area contributed by atoms with Crippen LogP contribution in [0.5, 0.6) is 0 Å². The number of nitrogens with one attached hydrogen (secondary N) is 1. The highest BCUT2D eigenvalue weighted by molar-refractivity contribution is 6.00. The van der Waals surface area contributed by atoms with Gasteiger partial charge in [-0.15, -0.1) is 0 Å². The third kappa shape index (κ3) is 4.72. The molecule has 1 saturated heterocycles. The van der Waals surface area contributed by atoms with Crippen molar-refractivity contribution >= 4 is 5.91 Å². The third-order valence-corrected chi connectivity index (χ3v) is 5.56. The Morgan fingerprint density at radius 3 is 2.51 bits per heavy atom. The summed E-state index contributed by atoms with van der Waals surface area (Å²) in [7, 11) is 0. The molecule has 0 bridgehead atoms. The van der Waals surface area contributed by atoms with Crippen LogP contribution in [0.15, 0.2) is 42.7 Å². The number of rotatable bonds is 5. The van der Waals surface area contributed by atoms with E-state index >= 15 is 4.39 Å². The van der Waals surface area contributed by atoms with Crippen molar-refractivity contribution < 1.29 is 32.9 Å². The highest BCUT2D eigenvalue weighted by Crippen LogP contribution is 2.42. The SMILES string of the molecule is N#CCNC(=O)c1nc(-c2c(F)cccc2F)c(F)c(C2CC(O)C(O)CO2)c1-c1cccnc1. The molecule has 0 saturated carbocycles. The molecular weight excluding hydrogens is 465 g/mol. The van der Waals surface area contributed by atoms with E-state index in [1.165, 1.54) is 24.5 Å². The Bertz CT molecular complexity index is 1280. The first-order valence-corrected chi connectivity index (χ1v) is 10.5. The quantitative estimate of drug-likeness (QED) is 0.475. The van der Waals surface area contributed by atoms with Crippen molar-refractivity contribution in [2.45, 2.75) is 24.7 Å². The number of nitrogens with zero attached hydrogens (tertiary/aromatic N) is 3. The lowest BCUT2D eigenvalue weighted by atomic mass is 9.88. The molecule has 0 aliphatic carbocycles. The molecule has 180 valence electrons. The number of ether oxygens (including phenoxy) is 1. The van der Waals surface area contributed by atoms with E-state index in [9.17, 15) is 23.8 Å². The van der Waals surface area contributed by atoms with Crippen LogP contribution in [0.3, 0.4) is 0 Å². The predicted molar refractivity (Wildman–Crippen MR) is 116 cm³/mol. The Labute approximate surface area is 197 Å². The monoisotopic (exact) mass is 484 g/mol. The molecule has 3 aromatic rings. The highest BCUT2D eigenvalue weighted by atomic mass is 19.1. The van der Waals surface area contributed by atoms with E-state index in [1.54, 1.807) is 6.07 Å². The predicted octanol–water partition coefficient (Wildman–Crippen LogP) is 2.66. The Morgan fingerprint density at radius 1 is 1.14 bits per heavy atom. The molecule has 1 aromatic carbocycles. The van der Waals surface area contributed by atoms with Crippen molar-refractivity contribution in [2.75, 3.05) is 13.2 Å². The van der Waals surface area contributed by atoms with Crippen molar-refractivity contribution in [1.29, 1.82) is 5.26 Å². The van der Waals surface area contributed by atoms with Crippen LogP contribution >= 0.6 is 0 Å². The summed E-state index contributed by atoms with van der Waals surface area (Å²) in [6, 6.07) is 7.72. The average molecular weight is 484 g/mol. The lowest BCUT2D eigenvalue weighted by Crippen LogP contribution is -2.38. The molecule has 1 amide bonds. The van der Waals surface area contributed by atoms with Gasteiger partial charge in [0.15, 0.2) is 5.82 Å². The second-order valence-corrected chi connectivity index (χ2v) is 7.78. The Kier molecular flexibility index (Phi) is 7.07. The molecule has 8 nitrogen and oxygen atoms in total. The van der Waals surface area contributed by atoms with Gasteiger partial charge in [-0.05, 0) is 18.2 Å². The number of amides is 1. The second-order valence-electron chi connectivity index (χ2n) is 7.78. The summed E-state index contributed by atoms with van der Waals surface area (Å²) in [4.78, 5) is 21.0. The first-order chi connectivity index (χ1) is 16.8. The van der Waals surface area contributed by atoms with Crippen molar-refractivity contribution in [3.8, 4) is 28.5 Å². The number of benzene rings is 1. The summed E-state index contributed by atoms with van der Waals surface area (Å²) in [5.74, 6) is -4.29. The first kappa shape index (κ1) is 24.3. The zero-order valence-electron chi connectivity index (χ0n) is 18.1. The van der Waals surface area contributed by atoms with E-state index in [0.717, 1.165) is 18.2 Å². The number of halogens is 3. The van der Waals surface area contributed by atoms with Crippen LogP contribution in [0.2, 0.25) is 0 Å². The van der Waals surface area contributed by atoms with Gasteiger partial charge >= 0.3 is 0 Å². The summed E-state index contributed by atoms with van der Waals surface area (Å²) < 4.78 is 51.0. The van der Waals surface area contributed by atoms with Gasteiger partial charge in [0, 0.05) is 35.5 Å². The number of pyridine rings is 2. The fourth-order valence-corrected chi connectivity index (χ4v) is 3.92. The summed E-state index contributed by atoms with van der Waals surface area (Å²) >= 11 is 0. The molecule has 35 heavy (non-hydrogen) atoms. The lowest BCUT2D eigenvalue weighted by molar-refractivity contribution is -0.123. The van der Waals surface area contributed by atoms with E-state index in [1.807, 2.05) is 0 Å². The van der Waals surface area contributed by atoms with Crippen molar-refractivity contribution in [1.82, 2.24) is 15.3 Å². The van der Waals surface area contributed by atoms with Gasteiger partial charge in [-0.3, -0.25) is 9.78 Å². The summed E-state index contributed by atoms with van der Waals surface area (Å²) in [6.45, 7) is -0.757. The van der Waals surface area contributed by atoms with Crippen LogP contribution in [0, 0.1) is 28.8 Å². The number of hydrogen-bond donors (Lipinski definition) is 3. The molecule has 0 spiro atoms. The maximum Gasteiger partial charge on any atom is 0.271 e. The van der Waals surface area contributed by atoms with Gasteiger partial charge < -0.3 is 20.3 Å². The van der Waals surface area contributed by atoms with Crippen LogP contribution in [0.1, 0.15) is 28.6 Å². The molecule has 3 unspecified atom stereocenters. The molecule has 11 heteroatoms. The number of carbonyl (C=O) groups is 1. The molecular formula is C24H19F3N4O4. The molecule has 1 aliphatic rings. The van der Waals surface area contributed by atoms with Crippen molar-refractivity contribution in [3.05, 3.63) is 71.4 Å². The van der Waals surface area contributed by atoms with Gasteiger partial charge in [0.25, 0.3) is 5.91 Å². The number of hydrogen-bond acceptors (Lipinski definition) is 7. The van der Waals surface area contributed by atoms with Gasteiger partial charge in [-0.1, -0.05) is 12.1 Å². The lowest BCUT2D eigenvalue weighted by Gasteiger charge is -2.32. The third-order valence-electron chi connectivity index (χ3n) is 5.56. The van der Waals surface area contributed by atoms with Crippen LogP contribution in [-0.2, 0) is 4.74 Å². The van der Waals surface area contributed by atoms with Gasteiger partial charge in [-0.2, -0.15) is 5.26 Å². The van der Waals surface area contributed by atoms with Crippen molar-refractivity contribution in [3.63, 3.8) is 0 Å². The number of nitriles is 1.